The summed E-state index contributed by atoms with van der Waals surface area (Å²) in [6.07, 6.45) is 3.93. The molecule has 0 radical (unpaired) electrons. The molecule has 1 amide bonds. The molecule has 2 aliphatic rings. The van der Waals surface area contributed by atoms with Crippen LogP contribution in [-0.2, 0) is 16.8 Å². The van der Waals surface area contributed by atoms with Crippen molar-refractivity contribution in [2.75, 3.05) is 24.5 Å². The van der Waals surface area contributed by atoms with E-state index in [1.807, 2.05) is 27.0 Å². The highest BCUT2D eigenvalue weighted by Gasteiger charge is 2.48. The van der Waals surface area contributed by atoms with E-state index in [4.69, 9.17) is 4.74 Å². The summed E-state index contributed by atoms with van der Waals surface area (Å²) in [4.78, 5) is 32.1. The zero-order valence-electron chi connectivity index (χ0n) is 22.3. The van der Waals surface area contributed by atoms with Gasteiger partial charge < -0.3 is 4.74 Å². The molecule has 4 heterocycles. The number of halogens is 3. The molecule has 2 aromatic heterocycles. The topological polar surface area (TPSA) is 80.6 Å². The maximum Gasteiger partial charge on any atom is 0.416 e. The zero-order valence-corrected chi connectivity index (χ0v) is 22.3. The molecule has 1 aromatic carbocycles. The molecule has 0 N–H and O–H groups in total. The second-order valence-corrected chi connectivity index (χ2v) is 11.2. The van der Waals surface area contributed by atoms with Gasteiger partial charge in [0.1, 0.15) is 11.4 Å². The molecule has 2 saturated heterocycles. The van der Waals surface area contributed by atoms with E-state index in [-0.39, 0.29) is 17.0 Å². The van der Waals surface area contributed by atoms with Gasteiger partial charge in [0, 0.05) is 61.6 Å². The summed E-state index contributed by atoms with van der Waals surface area (Å²) in [5, 5.41) is 4.55. The van der Waals surface area contributed by atoms with Crippen molar-refractivity contribution in [2.24, 2.45) is 0 Å². The molecular weight excluding hydrogens is 511 g/mol. The van der Waals surface area contributed by atoms with Crippen molar-refractivity contribution < 1.29 is 27.5 Å². The molecule has 206 valence electrons. The zero-order chi connectivity index (χ0) is 28.1. The Hall–Kier alpha value is -3.73. The minimum Gasteiger partial charge on any atom is -0.440 e. The highest BCUT2D eigenvalue weighted by molar-refractivity contribution is 5.94. The lowest BCUT2D eigenvalue weighted by Gasteiger charge is -2.37. The number of anilines is 1. The Morgan fingerprint density at radius 2 is 1.79 bits per heavy atom. The van der Waals surface area contributed by atoms with Crippen LogP contribution in [0.25, 0.3) is 11.3 Å². The van der Waals surface area contributed by atoms with Gasteiger partial charge in [0.2, 0.25) is 0 Å². The lowest BCUT2D eigenvalue weighted by molar-refractivity contribution is -0.000949. The number of ketones is 1. The number of amides is 1. The fourth-order valence-electron chi connectivity index (χ4n) is 4.98. The second-order valence-electron chi connectivity index (χ2n) is 11.2. The summed E-state index contributed by atoms with van der Waals surface area (Å²) in [6.45, 7) is 9.24. The van der Waals surface area contributed by atoms with E-state index in [0.29, 0.717) is 56.0 Å². The maximum absolute atomic E-state index is 14.7. The van der Waals surface area contributed by atoms with E-state index in [2.05, 4.69) is 15.0 Å². The molecular formula is C28H30F3N5O3. The third kappa shape index (κ3) is 5.15. The number of rotatable bonds is 5. The van der Waals surface area contributed by atoms with Crippen LogP contribution in [0.4, 0.5) is 23.8 Å². The van der Waals surface area contributed by atoms with Crippen molar-refractivity contribution in [1.29, 1.82) is 0 Å². The van der Waals surface area contributed by atoms with Gasteiger partial charge in [-0.2, -0.15) is 5.10 Å². The third-order valence-electron chi connectivity index (χ3n) is 7.33. The number of carbonyl (C=O) groups is 2. The standard InChI is InChI=1S/C28H30F3N5O3/c1-17(37)18-5-8-22(32-13-18)35-16-28(39-26(35)38)9-11-34(12-10-28)14-19-15-36(27(2,3)4)33-25(19)20-6-7-21(29)24(31)23(20)30/h5-8,13,15H,9-12,14,16H2,1-4H3. The molecule has 3 aromatic rings. The number of nitrogens with zero attached hydrogens (tertiary/aromatic N) is 5. The maximum atomic E-state index is 14.7. The Morgan fingerprint density at radius 3 is 2.41 bits per heavy atom. The molecule has 5 rings (SSSR count). The summed E-state index contributed by atoms with van der Waals surface area (Å²) in [5.41, 5.74) is 0.243. The summed E-state index contributed by atoms with van der Waals surface area (Å²) in [7, 11) is 0. The number of likely N-dealkylation sites (tertiary alicyclic amines) is 1. The summed E-state index contributed by atoms with van der Waals surface area (Å²) < 4.78 is 49.9. The smallest absolute Gasteiger partial charge is 0.416 e. The van der Waals surface area contributed by atoms with Crippen LogP contribution in [0.3, 0.4) is 0 Å². The highest BCUT2D eigenvalue weighted by Crippen LogP contribution is 2.37. The van der Waals surface area contributed by atoms with Crippen molar-refractivity contribution in [3.63, 3.8) is 0 Å². The van der Waals surface area contributed by atoms with Crippen LogP contribution in [-0.4, -0.2) is 56.8 Å². The van der Waals surface area contributed by atoms with Crippen LogP contribution in [0.2, 0.25) is 0 Å². The normalized spacial score (nSPS) is 17.6. The van der Waals surface area contributed by atoms with Crippen LogP contribution in [0.1, 0.15) is 56.5 Å². The first-order valence-electron chi connectivity index (χ1n) is 12.8. The van der Waals surface area contributed by atoms with Gasteiger partial charge in [0.05, 0.1) is 17.8 Å². The molecule has 11 heteroatoms. The monoisotopic (exact) mass is 541 g/mol. The molecule has 2 aliphatic heterocycles. The molecule has 0 aliphatic carbocycles. The molecule has 0 saturated carbocycles. The highest BCUT2D eigenvalue weighted by atomic mass is 19.2. The number of carbonyl (C=O) groups excluding carboxylic acids is 2. The van der Waals surface area contributed by atoms with Crippen LogP contribution in [0.5, 0.6) is 0 Å². The van der Waals surface area contributed by atoms with Gasteiger partial charge >= 0.3 is 6.09 Å². The summed E-state index contributed by atoms with van der Waals surface area (Å²) >= 11 is 0. The Morgan fingerprint density at radius 1 is 1.08 bits per heavy atom. The number of Topliss-reactive ketones (excluding diaryl/α,β-unsaturated/α-hetero) is 1. The largest absolute Gasteiger partial charge is 0.440 e. The van der Waals surface area contributed by atoms with Crippen LogP contribution in [0, 0.1) is 17.5 Å². The first-order chi connectivity index (χ1) is 18.4. The summed E-state index contributed by atoms with van der Waals surface area (Å²) in [6, 6.07) is 5.39. The number of pyridine rings is 1. The molecule has 0 bridgehead atoms. The van der Waals surface area contributed by atoms with Crippen LogP contribution < -0.4 is 4.90 Å². The lowest BCUT2D eigenvalue weighted by atomic mass is 9.91. The quantitative estimate of drug-likeness (QED) is 0.322. The fourth-order valence-corrected chi connectivity index (χ4v) is 4.98. The second kappa shape index (κ2) is 9.78. The van der Waals surface area contributed by atoms with Crippen LogP contribution >= 0.6 is 0 Å². The third-order valence-corrected chi connectivity index (χ3v) is 7.33. The van der Waals surface area contributed by atoms with E-state index >= 15 is 0 Å². The molecule has 8 nitrogen and oxygen atoms in total. The Balaban J connectivity index is 1.32. The van der Waals surface area contributed by atoms with E-state index in [1.165, 1.54) is 24.1 Å². The first kappa shape index (κ1) is 26.9. The van der Waals surface area contributed by atoms with Crippen molar-refractivity contribution in [1.82, 2.24) is 19.7 Å². The van der Waals surface area contributed by atoms with Gasteiger partial charge in [-0.3, -0.25) is 19.3 Å². The van der Waals surface area contributed by atoms with Gasteiger partial charge in [-0.1, -0.05) is 0 Å². The Labute approximate surface area is 224 Å². The molecule has 39 heavy (non-hydrogen) atoms. The van der Waals surface area contributed by atoms with Crippen molar-refractivity contribution in [3.8, 4) is 11.3 Å². The molecule has 0 unspecified atom stereocenters. The van der Waals surface area contributed by atoms with Gasteiger partial charge in [-0.25, -0.2) is 22.9 Å². The number of piperidine rings is 1. The number of aromatic nitrogens is 3. The van der Waals surface area contributed by atoms with E-state index < -0.39 is 34.7 Å². The van der Waals surface area contributed by atoms with Crippen molar-refractivity contribution in [3.05, 3.63) is 65.2 Å². The number of ether oxygens (including phenoxy) is 1. The fraction of sp³-hybridized carbons (Fsp3) is 0.429. The molecule has 2 fully saturated rings. The van der Waals surface area contributed by atoms with Gasteiger partial charge in [-0.05, 0) is 52.0 Å². The van der Waals surface area contributed by atoms with Gasteiger partial charge in [0.25, 0.3) is 0 Å². The minimum atomic E-state index is -1.53. The van der Waals surface area contributed by atoms with Gasteiger partial charge in [-0.15, -0.1) is 0 Å². The number of hydrogen-bond acceptors (Lipinski definition) is 6. The lowest BCUT2D eigenvalue weighted by Crippen LogP contribution is -2.46. The average Bonchev–Trinajstić information content (AvgIpc) is 3.45. The van der Waals surface area contributed by atoms with E-state index in [0.717, 1.165) is 6.07 Å². The Bertz CT molecular complexity index is 1420. The number of benzene rings is 1. The van der Waals surface area contributed by atoms with Crippen molar-refractivity contribution in [2.45, 2.75) is 58.2 Å². The molecule has 0 atom stereocenters. The molecule has 1 spiro atoms. The van der Waals surface area contributed by atoms with Crippen molar-refractivity contribution >= 4 is 17.7 Å². The SMILES string of the molecule is CC(=O)c1ccc(N2CC3(CCN(Cc4cn(C(C)(C)C)nc4-c4ccc(F)c(F)c4F)CC3)OC2=O)nc1. The van der Waals surface area contributed by atoms with E-state index in [1.54, 1.807) is 16.8 Å². The number of hydrogen-bond donors (Lipinski definition) is 0. The first-order valence-corrected chi connectivity index (χ1v) is 12.8. The van der Waals surface area contributed by atoms with Crippen LogP contribution in [0.15, 0.2) is 36.7 Å². The van der Waals surface area contributed by atoms with E-state index in [9.17, 15) is 22.8 Å². The summed E-state index contributed by atoms with van der Waals surface area (Å²) in [5.74, 6) is -3.72. The van der Waals surface area contributed by atoms with Gasteiger partial charge in [0.15, 0.2) is 23.2 Å². The predicted octanol–water partition coefficient (Wildman–Crippen LogP) is 5.31. The minimum absolute atomic E-state index is 0.0935. The predicted molar refractivity (Wildman–Crippen MR) is 138 cm³/mol. The average molecular weight is 542 g/mol. The Kier molecular flexibility index (Phi) is 6.74.